The van der Waals surface area contributed by atoms with Gasteiger partial charge in [-0.2, -0.15) is 23.5 Å². The van der Waals surface area contributed by atoms with Gasteiger partial charge < -0.3 is 4.74 Å². The van der Waals surface area contributed by atoms with Crippen molar-refractivity contribution in [3.05, 3.63) is 77.3 Å². The van der Waals surface area contributed by atoms with E-state index in [-0.39, 0.29) is 6.01 Å². The van der Waals surface area contributed by atoms with Gasteiger partial charge in [-0.05, 0) is 50.1 Å². The van der Waals surface area contributed by atoms with E-state index in [2.05, 4.69) is 32.5 Å². The van der Waals surface area contributed by atoms with Crippen molar-refractivity contribution in [2.45, 2.75) is 33.4 Å². The molecule has 1 aliphatic rings. The molecule has 0 saturated carbocycles. The molecule has 2 rings (SSSR count). The van der Waals surface area contributed by atoms with Crippen molar-refractivity contribution in [1.29, 1.82) is 5.26 Å². The lowest BCUT2D eigenvalue weighted by Crippen LogP contribution is -2.23. The maximum atomic E-state index is 12.3. The predicted octanol–water partition coefficient (Wildman–Crippen LogP) is 5.26. The smallest absolute Gasteiger partial charge is 0.422 e. The zero-order valence-electron chi connectivity index (χ0n) is 18.1. The molecule has 0 aliphatic carbocycles. The first-order valence-electron chi connectivity index (χ1n) is 9.84. The van der Waals surface area contributed by atoms with Gasteiger partial charge in [0.2, 0.25) is 0 Å². The van der Waals surface area contributed by atoms with Crippen LogP contribution in [0, 0.1) is 11.3 Å². The van der Waals surface area contributed by atoms with Gasteiger partial charge in [0.15, 0.2) is 6.61 Å². The Morgan fingerprint density at radius 2 is 1.94 bits per heavy atom. The van der Waals surface area contributed by atoms with E-state index in [1.165, 1.54) is 12.4 Å². The monoisotopic (exact) mass is 443 g/mol. The van der Waals surface area contributed by atoms with E-state index in [4.69, 9.17) is 0 Å². The molecule has 168 valence electrons. The number of nitriles is 1. The summed E-state index contributed by atoms with van der Waals surface area (Å²) in [6.07, 6.45) is 8.10. The Labute approximate surface area is 185 Å². The van der Waals surface area contributed by atoms with E-state index in [1.54, 1.807) is 23.2 Å². The number of hydrogen-bond acceptors (Lipinski definition) is 6. The van der Waals surface area contributed by atoms with Crippen LogP contribution in [-0.4, -0.2) is 40.0 Å². The summed E-state index contributed by atoms with van der Waals surface area (Å²) >= 11 is 0. The molecule has 6 nitrogen and oxygen atoms in total. The Morgan fingerprint density at radius 3 is 2.50 bits per heavy atom. The molecule has 0 saturated heterocycles. The summed E-state index contributed by atoms with van der Waals surface area (Å²) in [4.78, 5) is 7.62. The third-order valence-electron chi connectivity index (χ3n) is 4.42. The summed E-state index contributed by atoms with van der Waals surface area (Å²) in [7, 11) is 0. The molecule has 2 heterocycles. The van der Waals surface area contributed by atoms with Crippen molar-refractivity contribution in [1.82, 2.24) is 15.0 Å². The normalized spacial score (nSPS) is 15.5. The quantitative estimate of drug-likeness (QED) is 0.405. The second-order valence-corrected chi connectivity index (χ2v) is 6.95. The molecule has 1 aromatic heterocycles. The second-order valence-electron chi connectivity index (χ2n) is 6.95. The van der Waals surface area contributed by atoms with Crippen LogP contribution >= 0.6 is 0 Å². The van der Waals surface area contributed by atoms with E-state index in [9.17, 15) is 18.4 Å². The second kappa shape index (κ2) is 11.1. The van der Waals surface area contributed by atoms with E-state index in [0.717, 1.165) is 17.6 Å². The van der Waals surface area contributed by atoms with Crippen molar-refractivity contribution in [2.24, 2.45) is 5.10 Å². The molecule has 1 aliphatic heterocycles. The van der Waals surface area contributed by atoms with E-state index < -0.39 is 12.8 Å². The van der Waals surface area contributed by atoms with Gasteiger partial charge in [0.05, 0.1) is 29.6 Å². The first kappa shape index (κ1) is 24.6. The van der Waals surface area contributed by atoms with Gasteiger partial charge in [0, 0.05) is 18.0 Å². The SMILES string of the molecule is C=C1C=CC(c2cnc(OCC(F)(F)F)nc2)=NN1CC(/C=C(C#N)\C=C(/C)CC)=C/C. The lowest BCUT2D eigenvalue weighted by molar-refractivity contribution is -0.154. The van der Waals surface area contributed by atoms with Crippen LogP contribution in [0.25, 0.3) is 0 Å². The molecule has 0 spiro atoms. The van der Waals surface area contributed by atoms with Crippen LogP contribution in [0.3, 0.4) is 0 Å². The Bertz CT molecular complexity index is 1030. The first-order chi connectivity index (χ1) is 15.1. The maximum Gasteiger partial charge on any atom is 0.422 e. The van der Waals surface area contributed by atoms with Crippen LogP contribution < -0.4 is 4.74 Å². The highest BCUT2D eigenvalue weighted by Gasteiger charge is 2.29. The molecule has 32 heavy (non-hydrogen) atoms. The fourth-order valence-electron chi connectivity index (χ4n) is 2.52. The van der Waals surface area contributed by atoms with Gasteiger partial charge in [-0.15, -0.1) is 0 Å². The van der Waals surface area contributed by atoms with Gasteiger partial charge in [0.1, 0.15) is 0 Å². The topological polar surface area (TPSA) is 74.4 Å². The van der Waals surface area contributed by atoms with Gasteiger partial charge in [-0.3, -0.25) is 5.01 Å². The molecule has 0 unspecified atom stereocenters. The third-order valence-corrected chi connectivity index (χ3v) is 4.42. The Hall–Kier alpha value is -3.67. The van der Waals surface area contributed by atoms with Crippen molar-refractivity contribution >= 4 is 5.71 Å². The number of rotatable bonds is 8. The van der Waals surface area contributed by atoms with Gasteiger partial charge in [-0.25, -0.2) is 9.97 Å². The van der Waals surface area contributed by atoms with Crippen molar-refractivity contribution in [3.8, 4) is 12.1 Å². The standard InChI is InChI=1S/C23H24F3N5O/c1-5-16(3)9-19(11-27)10-18(6-2)14-31-17(4)7-8-21(30-31)20-12-28-22(29-13-20)32-15-23(24,25)26/h6-10,12-13H,4-5,14-15H2,1-3H3/b16-9+,18-6+,19-10+. The molecule has 1 aromatic rings. The highest BCUT2D eigenvalue weighted by molar-refractivity contribution is 6.08. The number of allylic oxidation sites excluding steroid dienone is 6. The molecular weight excluding hydrogens is 419 g/mol. The zero-order chi connectivity index (χ0) is 23.7. The molecule has 9 heteroatoms. The highest BCUT2D eigenvalue weighted by atomic mass is 19.4. The van der Waals surface area contributed by atoms with E-state index >= 15 is 0 Å². The number of nitrogens with zero attached hydrogens (tertiary/aromatic N) is 5. The minimum Gasteiger partial charge on any atom is -0.454 e. The van der Waals surface area contributed by atoms with Crippen LogP contribution in [0.4, 0.5) is 13.2 Å². The number of halogens is 3. The van der Waals surface area contributed by atoms with Crippen LogP contribution in [0.1, 0.15) is 32.8 Å². The first-order valence-corrected chi connectivity index (χ1v) is 9.84. The van der Waals surface area contributed by atoms with Crippen molar-refractivity contribution in [3.63, 3.8) is 0 Å². The number of alkyl halides is 3. The average molecular weight is 443 g/mol. The number of hydrogen-bond donors (Lipinski definition) is 0. The van der Waals surface area contributed by atoms with Crippen molar-refractivity contribution in [2.75, 3.05) is 13.2 Å². The summed E-state index contributed by atoms with van der Waals surface area (Å²) in [5.41, 5.74) is 4.18. The van der Waals surface area contributed by atoms with Gasteiger partial charge in [-0.1, -0.05) is 25.2 Å². The summed E-state index contributed by atoms with van der Waals surface area (Å²) in [6, 6.07) is 1.83. The molecular formula is C23H24F3N5O. The number of aromatic nitrogens is 2. The molecule has 0 amide bonds. The van der Waals surface area contributed by atoms with Crippen LogP contribution in [0.2, 0.25) is 0 Å². The Morgan fingerprint density at radius 1 is 1.25 bits per heavy atom. The molecule has 0 aromatic carbocycles. The molecule has 0 bridgehead atoms. The van der Waals surface area contributed by atoms with Crippen molar-refractivity contribution < 1.29 is 17.9 Å². The summed E-state index contributed by atoms with van der Waals surface area (Å²) in [5.74, 6) is 0. The van der Waals surface area contributed by atoms with Gasteiger partial charge >= 0.3 is 12.2 Å². The minimum absolute atomic E-state index is 0.367. The fraction of sp³-hybridized carbons (Fsp3) is 0.304. The minimum atomic E-state index is -4.46. The zero-order valence-corrected chi connectivity index (χ0v) is 18.1. The van der Waals surface area contributed by atoms with Gasteiger partial charge in [0.25, 0.3) is 0 Å². The summed E-state index contributed by atoms with van der Waals surface area (Å²) < 4.78 is 41.3. The largest absolute Gasteiger partial charge is 0.454 e. The lowest BCUT2D eigenvalue weighted by Gasteiger charge is -2.24. The number of ether oxygens (including phenoxy) is 1. The summed E-state index contributed by atoms with van der Waals surface area (Å²) in [6.45, 7) is 8.76. The third kappa shape index (κ3) is 7.54. The lowest BCUT2D eigenvalue weighted by atomic mass is 10.1. The van der Waals surface area contributed by atoms with Crippen LogP contribution in [-0.2, 0) is 0 Å². The molecule has 0 atom stereocenters. The summed E-state index contributed by atoms with van der Waals surface area (Å²) in [5, 5.41) is 15.6. The van der Waals surface area contributed by atoms with E-state index in [0.29, 0.717) is 29.1 Å². The predicted molar refractivity (Wildman–Crippen MR) is 117 cm³/mol. The fourth-order valence-corrected chi connectivity index (χ4v) is 2.52. The average Bonchev–Trinajstić information content (AvgIpc) is 2.77. The maximum absolute atomic E-state index is 12.3. The number of hydrazone groups is 1. The Kier molecular flexibility index (Phi) is 8.53. The van der Waals surface area contributed by atoms with Crippen LogP contribution in [0.15, 0.2) is 76.9 Å². The highest BCUT2D eigenvalue weighted by Crippen LogP contribution is 2.19. The Balaban J connectivity index is 2.18. The molecule has 0 N–H and O–H groups in total. The van der Waals surface area contributed by atoms with E-state index in [1.807, 2.05) is 32.9 Å². The molecule has 0 fully saturated rings. The molecule has 0 radical (unpaired) electrons. The van der Waals surface area contributed by atoms with Crippen LogP contribution in [0.5, 0.6) is 6.01 Å².